The highest BCUT2D eigenvalue weighted by Crippen LogP contribution is 1.99. The number of esters is 1. The number of nitrogens with zero attached hydrogens (tertiary/aromatic N) is 1. The van der Waals surface area contributed by atoms with Gasteiger partial charge in [-0.3, -0.25) is 4.79 Å². The van der Waals surface area contributed by atoms with Gasteiger partial charge in [0.15, 0.2) is 0 Å². The highest BCUT2D eigenvalue weighted by Gasteiger charge is 2.16. The summed E-state index contributed by atoms with van der Waals surface area (Å²) in [7, 11) is 6.14. The van der Waals surface area contributed by atoms with Crippen molar-refractivity contribution in [1.82, 2.24) is 0 Å². The lowest BCUT2D eigenvalue weighted by Gasteiger charge is -2.26. The predicted molar refractivity (Wildman–Crippen MR) is 49.2 cm³/mol. The zero-order valence-corrected chi connectivity index (χ0v) is 10.0. The minimum Gasteiger partial charge on any atom is -1.00 e. The minimum absolute atomic E-state index is 0. The Labute approximate surface area is 91.0 Å². The Balaban J connectivity index is 0. The summed E-state index contributed by atoms with van der Waals surface area (Å²) >= 11 is 5.29. The molecular formula is C8H17Cl2NO2. The van der Waals surface area contributed by atoms with Gasteiger partial charge in [-0.2, -0.15) is 0 Å². The zero-order valence-electron chi connectivity index (χ0n) is 8.51. The van der Waals surface area contributed by atoms with E-state index in [0.29, 0.717) is 0 Å². The third-order valence-corrected chi connectivity index (χ3v) is 1.46. The minimum atomic E-state index is -0.349. The average Bonchev–Trinajstić information content (AvgIpc) is 1.82. The van der Waals surface area contributed by atoms with Gasteiger partial charge in [0, 0.05) is 0 Å². The fourth-order valence-electron chi connectivity index (χ4n) is 1.06. The number of ether oxygens (including phenoxy) is 1. The van der Waals surface area contributed by atoms with E-state index in [1.807, 2.05) is 28.1 Å². The monoisotopic (exact) mass is 229 g/mol. The maximum absolute atomic E-state index is 10.7. The first kappa shape index (κ1) is 15.5. The number of hydrogen-bond donors (Lipinski definition) is 0. The number of alkyl halides is 1. The van der Waals surface area contributed by atoms with Crippen LogP contribution in [0.4, 0.5) is 0 Å². The molecule has 0 amide bonds. The Morgan fingerprint density at radius 2 is 1.92 bits per heavy atom. The van der Waals surface area contributed by atoms with Crippen LogP contribution in [-0.4, -0.2) is 50.1 Å². The van der Waals surface area contributed by atoms with Crippen LogP contribution >= 0.6 is 11.6 Å². The first-order valence-corrected chi connectivity index (χ1v) is 4.44. The van der Waals surface area contributed by atoms with Crippen LogP contribution in [0, 0.1) is 0 Å². The third kappa shape index (κ3) is 9.93. The highest BCUT2D eigenvalue weighted by molar-refractivity contribution is 6.26. The van der Waals surface area contributed by atoms with Gasteiger partial charge in [0.1, 0.15) is 18.5 Å². The van der Waals surface area contributed by atoms with Gasteiger partial charge in [0.05, 0.1) is 21.1 Å². The molecule has 0 radical (unpaired) electrons. The van der Waals surface area contributed by atoms with E-state index < -0.39 is 0 Å². The largest absolute Gasteiger partial charge is 1.00 e. The molecular weight excluding hydrogens is 213 g/mol. The van der Waals surface area contributed by atoms with Crippen LogP contribution in [0.3, 0.4) is 0 Å². The fourth-order valence-corrected chi connectivity index (χ4v) is 1.13. The van der Waals surface area contributed by atoms with E-state index in [9.17, 15) is 4.79 Å². The normalized spacial score (nSPS) is 13.0. The summed E-state index contributed by atoms with van der Waals surface area (Å²) in [6, 6.07) is 0. The van der Waals surface area contributed by atoms with Gasteiger partial charge in [-0.05, 0) is 6.92 Å². The van der Waals surface area contributed by atoms with Gasteiger partial charge in [-0.15, -0.1) is 11.6 Å². The van der Waals surface area contributed by atoms with Gasteiger partial charge in [0.25, 0.3) is 0 Å². The van der Waals surface area contributed by atoms with Crippen LogP contribution in [0.25, 0.3) is 0 Å². The number of quaternary nitrogens is 1. The SMILES string of the molecule is CC(C[N+](C)(C)C)OC(=O)CCl.[Cl-]. The molecule has 0 aliphatic heterocycles. The second-order valence-electron chi connectivity index (χ2n) is 3.91. The first-order valence-electron chi connectivity index (χ1n) is 3.91. The van der Waals surface area contributed by atoms with Crippen LogP contribution < -0.4 is 12.4 Å². The van der Waals surface area contributed by atoms with E-state index in [-0.39, 0.29) is 30.4 Å². The quantitative estimate of drug-likeness (QED) is 0.313. The summed E-state index contributed by atoms with van der Waals surface area (Å²) in [6.45, 7) is 2.66. The standard InChI is InChI=1S/C8H17ClNO2.ClH/c1-7(6-10(2,3)4)12-8(11)5-9;/h7H,5-6H2,1-4H3;1H/q+1;/p-1. The number of carbonyl (C=O) groups is 1. The summed E-state index contributed by atoms with van der Waals surface area (Å²) in [6.07, 6.45) is -0.0729. The van der Waals surface area contributed by atoms with Crippen LogP contribution in [0.5, 0.6) is 0 Å². The number of carbonyl (C=O) groups excluding carboxylic acids is 1. The Bertz CT molecular complexity index is 157. The van der Waals surface area contributed by atoms with Gasteiger partial charge >= 0.3 is 5.97 Å². The Kier molecular flexibility index (Phi) is 7.69. The van der Waals surface area contributed by atoms with Crippen LogP contribution in [-0.2, 0) is 9.53 Å². The van der Waals surface area contributed by atoms with Crippen molar-refractivity contribution in [3.8, 4) is 0 Å². The molecule has 0 aliphatic rings. The van der Waals surface area contributed by atoms with E-state index in [2.05, 4.69) is 0 Å². The lowest BCUT2D eigenvalue weighted by Crippen LogP contribution is -3.00. The molecule has 13 heavy (non-hydrogen) atoms. The van der Waals surface area contributed by atoms with Crippen molar-refractivity contribution in [2.24, 2.45) is 0 Å². The second-order valence-corrected chi connectivity index (χ2v) is 4.17. The molecule has 0 aromatic heterocycles. The molecule has 1 atom stereocenters. The van der Waals surface area contributed by atoms with E-state index in [0.717, 1.165) is 11.0 Å². The molecule has 5 heteroatoms. The van der Waals surface area contributed by atoms with E-state index in [1.165, 1.54) is 0 Å². The van der Waals surface area contributed by atoms with Crippen LogP contribution in [0.15, 0.2) is 0 Å². The molecule has 0 N–H and O–H groups in total. The molecule has 80 valence electrons. The highest BCUT2D eigenvalue weighted by atomic mass is 35.5. The first-order chi connectivity index (χ1) is 5.35. The van der Waals surface area contributed by atoms with E-state index in [1.54, 1.807) is 0 Å². The van der Waals surface area contributed by atoms with Gasteiger partial charge in [-0.25, -0.2) is 0 Å². The van der Waals surface area contributed by atoms with Crippen molar-refractivity contribution in [1.29, 1.82) is 0 Å². The van der Waals surface area contributed by atoms with Gasteiger partial charge in [0.2, 0.25) is 0 Å². The maximum Gasteiger partial charge on any atom is 0.321 e. The van der Waals surface area contributed by atoms with Crippen molar-refractivity contribution in [2.45, 2.75) is 13.0 Å². The lowest BCUT2D eigenvalue weighted by atomic mass is 10.3. The Morgan fingerprint density at radius 3 is 2.23 bits per heavy atom. The number of hydrogen-bond acceptors (Lipinski definition) is 2. The molecule has 0 rings (SSSR count). The third-order valence-electron chi connectivity index (χ3n) is 1.25. The Hall–Kier alpha value is 0.01000. The molecule has 0 aliphatic carbocycles. The van der Waals surface area contributed by atoms with Crippen molar-refractivity contribution < 1.29 is 26.4 Å². The van der Waals surface area contributed by atoms with Crippen molar-refractivity contribution in [3.05, 3.63) is 0 Å². The van der Waals surface area contributed by atoms with Gasteiger partial charge in [-0.1, -0.05) is 0 Å². The topological polar surface area (TPSA) is 26.3 Å². The van der Waals surface area contributed by atoms with Gasteiger partial charge < -0.3 is 21.6 Å². The van der Waals surface area contributed by atoms with Crippen molar-refractivity contribution in [3.63, 3.8) is 0 Å². The lowest BCUT2D eigenvalue weighted by molar-refractivity contribution is -0.873. The maximum atomic E-state index is 10.7. The number of halogens is 2. The molecule has 1 unspecified atom stereocenters. The average molecular weight is 230 g/mol. The smallest absolute Gasteiger partial charge is 0.321 e. The molecule has 0 bridgehead atoms. The second kappa shape index (κ2) is 6.46. The fraction of sp³-hybridized carbons (Fsp3) is 0.875. The van der Waals surface area contributed by atoms with Crippen molar-refractivity contribution in [2.75, 3.05) is 33.6 Å². The van der Waals surface area contributed by atoms with E-state index >= 15 is 0 Å². The predicted octanol–water partition coefficient (Wildman–Crippen LogP) is -2.13. The van der Waals surface area contributed by atoms with Crippen LogP contribution in [0.2, 0.25) is 0 Å². The summed E-state index contributed by atoms with van der Waals surface area (Å²) in [5.74, 6) is -0.417. The number of likely N-dealkylation sites (N-methyl/N-ethyl adjacent to an activating group) is 1. The zero-order chi connectivity index (χ0) is 9.78. The number of rotatable bonds is 4. The van der Waals surface area contributed by atoms with Crippen LogP contribution in [0.1, 0.15) is 6.92 Å². The summed E-state index contributed by atoms with van der Waals surface area (Å²) in [5.41, 5.74) is 0. The molecule has 3 nitrogen and oxygen atoms in total. The molecule has 0 aromatic carbocycles. The van der Waals surface area contributed by atoms with Crippen molar-refractivity contribution >= 4 is 17.6 Å². The molecule has 0 spiro atoms. The summed E-state index contributed by atoms with van der Waals surface area (Å²) < 4.78 is 5.76. The Morgan fingerprint density at radius 1 is 1.46 bits per heavy atom. The molecule has 0 aromatic rings. The molecule has 0 fully saturated rings. The van der Waals surface area contributed by atoms with E-state index in [4.69, 9.17) is 16.3 Å². The molecule has 0 saturated carbocycles. The molecule has 0 heterocycles. The molecule has 0 saturated heterocycles. The summed E-state index contributed by atoms with van der Waals surface area (Å²) in [5, 5.41) is 0. The summed E-state index contributed by atoms with van der Waals surface area (Å²) in [4.78, 5) is 10.7.